The molecule has 152 valence electrons. The van der Waals surface area contributed by atoms with Crippen molar-refractivity contribution in [1.82, 2.24) is 9.80 Å². The third-order valence-electron chi connectivity index (χ3n) is 5.99. The molecule has 2 aliphatic heterocycles. The zero-order chi connectivity index (χ0) is 20.4. The van der Waals surface area contributed by atoms with Gasteiger partial charge in [0.1, 0.15) is 0 Å². The van der Waals surface area contributed by atoms with Crippen molar-refractivity contribution in [2.45, 2.75) is 19.4 Å². The van der Waals surface area contributed by atoms with Gasteiger partial charge in [-0.3, -0.25) is 9.69 Å². The Morgan fingerprint density at radius 2 is 1.66 bits per heavy atom. The highest BCUT2D eigenvalue weighted by molar-refractivity contribution is 9.10. The summed E-state index contributed by atoms with van der Waals surface area (Å²) >= 11 is 16.0. The summed E-state index contributed by atoms with van der Waals surface area (Å²) in [6.07, 6.45) is 5.68. The van der Waals surface area contributed by atoms with Gasteiger partial charge in [0.05, 0.1) is 0 Å². The van der Waals surface area contributed by atoms with Crippen LogP contribution < -0.4 is 0 Å². The Kier molecular flexibility index (Phi) is 6.35. The first kappa shape index (κ1) is 20.9. The number of hydrogen-bond donors (Lipinski definition) is 0. The molecule has 2 saturated heterocycles. The van der Waals surface area contributed by atoms with E-state index < -0.39 is 0 Å². The number of amides is 1. The van der Waals surface area contributed by atoms with Crippen LogP contribution in [-0.4, -0.2) is 41.9 Å². The zero-order valence-electron chi connectivity index (χ0n) is 16.1. The van der Waals surface area contributed by atoms with Crippen molar-refractivity contribution in [2.75, 3.05) is 26.2 Å². The molecule has 2 fully saturated rings. The molecule has 1 spiro atoms. The summed E-state index contributed by atoms with van der Waals surface area (Å²) in [5.41, 5.74) is 2.37. The van der Waals surface area contributed by atoms with E-state index in [9.17, 15) is 4.79 Å². The Morgan fingerprint density at radius 1 is 1.03 bits per heavy atom. The molecule has 0 aromatic heterocycles. The average Bonchev–Trinajstić information content (AvgIpc) is 2.69. The van der Waals surface area contributed by atoms with Crippen LogP contribution in [0.5, 0.6) is 0 Å². The summed E-state index contributed by atoms with van der Waals surface area (Å²) in [5.74, 6) is 0.0989. The van der Waals surface area contributed by atoms with Crippen LogP contribution in [-0.2, 0) is 11.3 Å². The normalized spacial score (nSPS) is 18.9. The molecule has 3 nitrogen and oxygen atoms in total. The molecular formula is C23H23BrCl2N2O. The maximum Gasteiger partial charge on any atom is 0.246 e. The molecule has 2 heterocycles. The summed E-state index contributed by atoms with van der Waals surface area (Å²) in [6, 6.07) is 13.6. The third kappa shape index (κ3) is 4.88. The lowest BCUT2D eigenvalue weighted by molar-refractivity contribution is -0.131. The van der Waals surface area contributed by atoms with Crippen molar-refractivity contribution in [3.05, 3.63) is 74.2 Å². The first-order valence-corrected chi connectivity index (χ1v) is 11.4. The van der Waals surface area contributed by atoms with Crippen molar-refractivity contribution in [2.24, 2.45) is 5.41 Å². The maximum atomic E-state index is 12.5. The topological polar surface area (TPSA) is 23.6 Å². The molecule has 29 heavy (non-hydrogen) atoms. The molecule has 2 aromatic carbocycles. The van der Waals surface area contributed by atoms with E-state index in [4.69, 9.17) is 23.2 Å². The number of nitrogens with zero attached hydrogens (tertiary/aromatic N) is 2. The number of carbonyl (C=O) groups is 1. The fraction of sp³-hybridized carbons (Fsp3) is 0.348. The van der Waals surface area contributed by atoms with Gasteiger partial charge in [0.25, 0.3) is 0 Å². The van der Waals surface area contributed by atoms with Gasteiger partial charge in [-0.1, -0.05) is 57.3 Å². The van der Waals surface area contributed by atoms with Crippen LogP contribution >= 0.6 is 39.1 Å². The smallest absolute Gasteiger partial charge is 0.246 e. The first-order valence-electron chi connectivity index (χ1n) is 9.82. The molecule has 6 heteroatoms. The largest absolute Gasteiger partial charge is 0.339 e. The SMILES string of the molecule is O=C(/C=C/c1ccc(Br)cc1)N1CCC2(CC1)CN(Cc1c(Cl)cccc1Cl)C2. The van der Waals surface area contributed by atoms with Crippen LogP contribution in [0.1, 0.15) is 24.0 Å². The monoisotopic (exact) mass is 492 g/mol. The van der Waals surface area contributed by atoms with E-state index in [1.807, 2.05) is 53.4 Å². The van der Waals surface area contributed by atoms with Gasteiger partial charge in [0.2, 0.25) is 5.91 Å². The van der Waals surface area contributed by atoms with Crippen molar-refractivity contribution < 1.29 is 4.79 Å². The predicted molar refractivity (Wildman–Crippen MR) is 123 cm³/mol. The Hall–Kier alpha value is -1.33. The second kappa shape index (κ2) is 8.81. The second-order valence-electron chi connectivity index (χ2n) is 8.06. The molecule has 4 rings (SSSR count). The molecule has 0 saturated carbocycles. The van der Waals surface area contributed by atoms with E-state index in [1.54, 1.807) is 6.08 Å². The van der Waals surface area contributed by atoms with Crippen LogP contribution in [0.25, 0.3) is 6.08 Å². The number of hydrogen-bond acceptors (Lipinski definition) is 2. The molecule has 0 atom stereocenters. The molecule has 2 aliphatic rings. The minimum Gasteiger partial charge on any atom is -0.339 e. The fourth-order valence-electron chi connectivity index (χ4n) is 4.29. The number of benzene rings is 2. The molecule has 0 radical (unpaired) electrons. The maximum absolute atomic E-state index is 12.5. The summed E-state index contributed by atoms with van der Waals surface area (Å²) in [7, 11) is 0. The first-order chi connectivity index (χ1) is 13.9. The Labute approximate surface area is 190 Å². The third-order valence-corrected chi connectivity index (χ3v) is 7.22. The minimum atomic E-state index is 0.0989. The lowest BCUT2D eigenvalue weighted by Crippen LogP contribution is -2.60. The van der Waals surface area contributed by atoms with Gasteiger partial charge in [-0.2, -0.15) is 0 Å². The minimum absolute atomic E-state index is 0.0989. The van der Waals surface area contributed by atoms with E-state index in [0.29, 0.717) is 5.41 Å². The average molecular weight is 494 g/mol. The van der Waals surface area contributed by atoms with Crippen molar-refractivity contribution >= 4 is 51.1 Å². The van der Waals surface area contributed by atoms with Crippen LogP contribution in [0, 0.1) is 5.41 Å². The molecular weight excluding hydrogens is 471 g/mol. The summed E-state index contributed by atoms with van der Waals surface area (Å²) in [6.45, 7) is 4.53. The van der Waals surface area contributed by atoms with Gasteiger partial charge in [0.15, 0.2) is 0 Å². The number of likely N-dealkylation sites (tertiary alicyclic amines) is 2. The predicted octanol–water partition coefficient (Wildman–Crippen LogP) is 5.89. The highest BCUT2D eigenvalue weighted by Gasteiger charge is 2.45. The van der Waals surface area contributed by atoms with Gasteiger partial charge < -0.3 is 4.90 Å². The van der Waals surface area contributed by atoms with Gasteiger partial charge in [-0.25, -0.2) is 0 Å². The summed E-state index contributed by atoms with van der Waals surface area (Å²) < 4.78 is 1.04. The molecule has 0 aliphatic carbocycles. The zero-order valence-corrected chi connectivity index (χ0v) is 19.2. The summed E-state index contributed by atoms with van der Waals surface area (Å²) in [4.78, 5) is 16.9. The van der Waals surface area contributed by atoms with Crippen LogP contribution in [0.4, 0.5) is 0 Å². The quantitative estimate of drug-likeness (QED) is 0.495. The van der Waals surface area contributed by atoms with Gasteiger partial charge in [0, 0.05) is 58.9 Å². The van der Waals surface area contributed by atoms with Gasteiger partial charge in [-0.15, -0.1) is 0 Å². The van der Waals surface area contributed by atoms with E-state index >= 15 is 0 Å². The number of halogens is 3. The van der Waals surface area contributed by atoms with Gasteiger partial charge in [-0.05, 0) is 54.2 Å². The molecule has 2 aromatic rings. The lowest BCUT2D eigenvalue weighted by atomic mass is 9.72. The molecule has 0 unspecified atom stereocenters. The Morgan fingerprint density at radius 3 is 2.28 bits per heavy atom. The van der Waals surface area contributed by atoms with Crippen molar-refractivity contribution in [1.29, 1.82) is 0 Å². The Bertz CT molecular complexity index is 893. The standard InChI is InChI=1S/C23H23BrCl2N2O/c24-18-7-4-17(5-8-18)6-9-22(29)28-12-10-23(11-13-28)15-27(16-23)14-19-20(25)2-1-3-21(19)26/h1-9H,10-16H2/b9-6+. The molecule has 1 amide bonds. The number of rotatable bonds is 4. The van der Waals surface area contributed by atoms with Crippen LogP contribution in [0.2, 0.25) is 10.0 Å². The van der Waals surface area contributed by atoms with E-state index in [2.05, 4.69) is 20.8 Å². The van der Waals surface area contributed by atoms with Crippen molar-refractivity contribution in [3.8, 4) is 0 Å². The molecule has 0 bridgehead atoms. The van der Waals surface area contributed by atoms with E-state index in [-0.39, 0.29) is 5.91 Å². The highest BCUT2D eigenvalue weighted by atomic mass is 79.9. The molecule has 0 N–H and O–H groups in total. The van der Waals surface area contributed by atoms with E-state index in [1.165, 1.54) is 0 Å². The summed E-state index contributed by atoms with van der Waals surface area (Å²) in [5, 5.41) is 1.47. The fourth-order valence-corrected chi connectivity index (χ4v) is 5.07. The van der Waals surface area contributed by atoms with Crippen LogP contribution in [0.3, 0.4) is 0 Å². The second-order valence-corrected chi connectivity index (χ2v) is 9.79. The lowest BCUT2D eigenvalue weighted by Gasteiger charge is -2.54. The van der Waals surface area contributed by atoms with Gasteiger partial charge >= 0.3 is 0 Å². The highest BCUT2D eigenvalue weighted by Crippen LogP contribution is 2.42. The van der Waals surface area contributed by atoms with E-state index in [0.717, 1.165) is 71.2 Å². The van der Waals surface area contributed by atoms with Crippen LogP contribution in [0.15, 0.2) is 53.0 Å². The Balaban J connectivity index is 1.27. The van der Waals surface area contributed by atoms with Crippen molar-refractivity contribution in [3.63, 3.8) is 0 Å². The number of carbonyl (C=O) groups excluding carboxylic acids is 1. The number of piperidine rings is 1.